The van der Waals surface area contributed by atoms with E-state index in [0.717, 1.165) is 10.0 Å². The van der Waals surface area contributed by atoms with Gasteiger partial charge >= 0.3 is 0 Å². The molecule has 0 saturated carbocycles. The Morgan fingerprint density at radius 1 is 1.40 bits per heavy atom. The van der Waals surface area contributed by atoms with Crippen LogP contribution in [0.2, 0.25) is 0 Å². The van der Waals surface area contributed by atoms with E-state index in [1.807, 2.05) is 0 Å². The number of hydrogen-bond acceptors (Lipinski definition) is 2. The minimum Gasteiger partial charge on any atom is -0.503 e. The van der Waals surface area contributed by atoms with Gasteiger partial charge in [0.15, 0.2) is 5.75 Å². The Bertz CT molecular complexity index is 481. The van der Waals surface area contributed by atoms with Gasteiger partial charge in [-0.15, -0.1) is 0 Å². The lowest BCUT2D eigenvalue weighted by molar-refractivity contribution is 0.467. The highest BCUT2D eigenvalue weighted by atomic mass is 79.9. The molecule has 0 aliphatic carbocycles. The first-order valence-corrected chi connectivity index (χ1v) is 6.47. The van der Waals surface area contributed by atoms with Gasteiger partial charge in [0.2, 0.25) is 5.43 Å². The zero-order chi connectivity index (χ0) is 11.6. The van der Waals surface area contributed by atoms with Crippen LogP contribution in [0.3, 0.4) is 0 Å². The lowest BCUT2D eigenvalue weighted by Gasteiger charge is -1.95. The van der Waals surface area contributed by atoms with Crippen molar-refractivity contribution in [3.05, 3.63) is 41.9 Å². The average molecular weight is 399 g/mol. The van der Waals surface area contributed by atoms with E-state index in [-0.39, 0.29) is 5.75 Å². The molecular formula is C10H7Br3O2. The number of aromatic hydroxyl groups is 1. The molecule has 0 fully saturated rings. The lowest BCUT2D eigenvalue weighted by Crippen LogP contribution is -2.03. The van der Waals surface area contributed by atoms with Gasteiger partial charge in [0.25, 0.3) is 0 Å². The fraction of sp³-hybridized carbons (Fsp3) is 0.100. The molecule has 1 aromatic rings. The summed E-state index contributed by atoms with van der Waals surface area (Å²) in [5.41, 5.74) is 0.793. The third kappa shape index (κ3) is 2.92. The summed E-state index contributed by atoms with van der Waals surface area (Å²) in [5, 5.41) is 9.59. The van der Waals surface area contributed by atoms with Crippen molar-refractivity contribution in [2.75, 3.05) is 0 Å². The molecule has 0 unspecified atom stereocenters. The maximum absolute atomic E-state index is 11.8. The number of hydrogen-bond donors (Lipinski definition) is 1. The second-order valence-electron chi connectivity index (χ2n) is 2.91. The highest BCUT2D eigenvalue weighted by Gasteiger charge is 2.09. The molecule has 0 amide bonds. The van der Waals surface area contributed by atoms with Gasteiger partial charge in [-0.1, -0.05) is 31.9 Å². The summed E-state index contributed by atoms with van der Waals surface area (Å²) in [6, 6.07) is 3.29. The topological polar surface area (TPSA) is 37.3 Å². The maximum atomic E-state index is 11.8. The number of rotatable bonds is 1. The Morgan fingerprint density at radius 2 is 2.00 bits per heavy atom. The van der Waals surface area contributed by atoms with Crippen molar-refractivity contribution in [2.24, 2.45) is 0 Å². The SMILES string of the molecule is C/C(=C\Br)c1cc(Br)cc(Br)c(O)c1=O. The molecule has 80 valence electrons. The van der Waals surface area contributed by atoms with Crippen LogP contribution in [0.25, 0.3) is 5.57 Å². The lowest BCUT2D eigenvalue weighted by atomic mass is 10.1. The van der Waals surface area contributed by atoms with Crippen LogP contribution >= 0.6 is 47.8 Å². The Labute approximate surface area is 112 Å². The summed E-state index contributed by atoms with van der Waals surface area (Å²) in [5.74, 6) is -0.288. The van der Waals surface area contributed by atoms with Gasteiger partial charge in [0.1, 0.15) is 0 Å². The average Bonchev–Trinajstić information content (AvgIpc) is 2.30. The first kappa shape index (κ1) is 12.9. The minimum atomic E-state index is -0.402. The van der Waals surface area contributed by atoms with E-state index in [1.54, 1.807) is 24.0 Å². The van der Waals surface area contributed by atoms with Gasteiger partial charge in [-0.25, -0.2) is 0 Å². The molecule has 5 heteroatoms. The summed E-state index contributed by atoms with van der Waals surface area (Å²) >= 11 is 9.57. The Hall–Kier alpha value is -0.130. The van der Waals surface area contributed by atoms with Crippen LogP contribution in [0, 0.1) is 0 Å². The molecule has 0 aliphatic rings. The van der Waals surface area contributed by atoms with Gasteiger partial charge in [-0.05, 0) is 45.5 Å². The largest absolute Gasteiger partial charge is 0.503 e. The number of halogens is 3. The molecule has 15 heavy (non-hydrogen) atoms. The molecule has 0 spiro atoms. The zero-order valence-electron chi connectivity index (χ0n) is 7.72. The Balaban J connectivity index is 3.71. The summed E-state index contributed by atoms with van der Waals surface area (Å²) in [7, 11) is 0. The van der Waals surface area contributed by atoms with Crippen LogP contribution in [0.5, 0.6) is 5.75 Å². The van der Waals surface area contributed by atoms with Crippen LogP contribution in [0.1, 0.15) is 12.5 Å². The number of allylic oxidation sites excluding steroid dienone is 1. The second kappa shape index (κ2) is 5.27. The fourth-order valence-electron chi connectivity index (χ4n) is 1.02. The monoisotopic (exact) mass is 396 g/mol. The van der Waals surface area contributed by atoms with Crippen molar-refractivity contribution in [3.8, 4) is 5.75 Å². The summed E-state index contributed by atoms with van der Waals surface area (Å²) in [6.45, 7) is 1.78. The molecule has 0 aliphatic heterocycles. The van der Waals surface area contributed by atoms with E-state index in [0.29, 0.717) is 10.0 Å². The van der Waals surface area contributed by atoms with E-state index in [9.17, 15) is 9.90 Å². The standard InChI is InChI=1S/C10H7Br3O2/c1-5(4-11)7-2-6(12)3-8(13)10(15)9(7)14/h2-4H,1H3,(H,14,15)/b5-4+. The molecule has 0 atom stereocenters. The van der Waals surface area contributed by atoms with Crippen LogP contribution in [0.4, 0.5) is 0 Å². The zero-order valence-corrected chi connectivity index (χ0v) is 12.5. The Morgan fingerprint density at radius 3 is 2.53 bits per heavy atom. The molecule has 0 heterocycles. The smallest absolute Gasteiger partial charge is 0.228 e. The highest BCUT2D eigenvalue weighted by molar-refractivity contribution is 9.11. The van der Waals surface area contributed by atoms with Crippen molar-refractivity contribution >= 4 is 53.4 Å². The van der Waals surface area contributed by atoms with Gasteiger partial charge in [0.05, 0.1) is 4.47 Å². The molecule has 1 aromatic carbocycles. The van der Waals surface area contributed by atoms with E-state index < -0.39 is 5.43 Å². The molecule has 0 radical (unpaired) electrons. The van der Waals surface area contributed by atoms with E-state index in [2.05, 4.69) is 47.8 Å². The van der Waals surface area contributed by atoms with Crippen molar-refractivity contribution < 1.29 is 5.11 Å². The molecule has 1 N–H and O–H groups in total. The van der Waals surface area contributed by atoms with Gasteiger partial charge < -0.3 is 5.11 Å². The molecule has 1 rings (SSSR count). The first-order valence-electron chi connectivity index (χ1n) is 3.97. The van der Waals surface area contributed by atoms with E-state index in [4.69, 9.17) is 0 Å². The molecule has 0 saturated heterocycles. The molecule has 0 aromatic heterocycles. The van der Waals surface area contributed by atoms with Gasteiger partial charge in [-0.2, -0.15) is 0 Å². The van der Waals surface area contributed by atoms with Crippen LogP contribution in [-0.2, 0) is 0 Å². The van der Waals surface area contributed by atoms with Crippen molar-refractivity contribution in [1.82, 2.24) is 0 Å². The van der Waals surface area contributed by atoms with Crippen LogP contribution < -0.4 is 5.43 Å². The van der Waals surface area contributed by atoms with Crippen molar-refractivity contribution in [2.45, 2.75) is 6.92 Å². The van der Waals surface area contributed by atoms with Crippen LogP contribution in [-0.4, -0.2) is 5.11 Å². The van der Waals surface area contributed by atoms with E-state index >= 15 is 0 Å². The maximum Gasteiger partial charge on any atom is 0.228 e. The van der Waals surface area contributed by atoms with Gasteiger partial charge in [-0.3, -0.25) is 4.79 Å². The minimum absolute atomic E-state index is 0.288. The van der Waals surface area contributed by atoms with Crippen molar-refractivity contribution in [3.63, 3.8) is 0 Å². The third-order valence-electron chi connectivity index (χ3n) is 1.82. The van der Waals surface area contributed by atoms with Gasteiger partial charge in [0, 0.05) is 10.0 Å². The molecular weight excluding hydrogens is 392 g/mol. The quantitative estimate of drug-likeness (QED) is 0.775. The summed E-state index contributed by atoms with van der Waals surface area (Å²) in [4.78, 5) is 13.4. The second-order valence-corrected chi connectivity index (χ2v) is 5.13. The molecule has 0 bridgehead atoms. The van der Waals surface area contributed by atoms with E-state index in [1.165, 1.54) is 0 Å². The highest BCUT2D eigenvalue weighted by Crippen LogP contribution is 2.25. The predicted octanol–water partition coefficient (Wildman–Crippen LogP) is 4.03. The Kier molecular flexibility index (Phi) is 4.55. The van der Waals surface area contributed by atoms with Crippen LogP contribution in [0.15, 0.2) is 30.9 Å². The normalized spacial score (nSPS) is 11.6. The van der Waals surface area contributed by atoms with Crippen molar-refractivity contribution in [1.29, 1.82) is 0 Å². The summed E-state index contributed by atoms with van der Waals surface area (Å²) in [6.07, 6.45) is 0. The fourth-order valence-corrected chi connectivity index (χ4v) is 2.46. The molecule has 2 nitrogen and oxygen atoms in total. The predicted molar refractivity (Wildman–Crippen MR) is 72.4 cm³/mol. The summed E-state index contributed by atoms with van der Waals surface area (Å²) < 4.78 is 1.09. The first-order chi connectivity index (χ1) is 6.97. The third-order valence-corrected chi connectivity index (χ3v) is 3.57.